The van der Waals surface area contributed by atoms with E-state index in [9.17, 15) is 20.1 Å². The Hall–Kier alpha value is -2.47. The van der Waals surface area contributed by atoms with E-state index in [0.717, 1.165) is 4.47 Å². The lowest BCUT2D eigenvalue weighted by Crippen LogP contribution is -1.98. The van der Waals surface area contributed by atoms with Crippen LogP contribution in [-0.4, -0.2) is 21.1 Å². The van der Waals surface area contributed by atoms with Crippen molar-refractivity contribution in [1.82, 2.24) is 0 Å². The first-order chi connectivity index (χ1) is 9.97. The third-order valence-corrected chi connectivity index (χ3v) is 3.56. The Morgan fingerprint density at radius 2 is 1.76 bits per heavy atom. The van der Waals surface area contributed by atoms with Crippen LogP contribution < -0.4 is 4.74 Å². The summed E-state index contributed by atoms with van der Waals surface area (Å²) in [4.78, 5) is 12.2. The zero-order valence-corrected chi connectivity index (χ0v) is 12.1. The number of phenolic OH excluding ortho intramolecular Hbond substituents is 3. The van der Waals surface area contributed by atoms with Gasteiger partial charge >= 0.3 is 0 Å². The molecule has 0 unspecified atom stereocenters. The molecule has 0 saturated heterocycles. The van der Waals surface area contributed by atoms with E-state index < -0.39 is 11.5 Å². The van der Waals surface area contributed by atoms with Crippen LogP contribution in [0, 0.1) is 0 Å². The zero-order chi connectivity index (χ0) is 15.1. The van der Waals surface area contributed by atoms with Gasteiger partial charge in [0.15, 0.2) is 17.3 Å². The van der Waals surface area contributed by atoms with Crippen molar-refractivity contribution in [3.63, 3.8) is 0 Å². The van der Waals surface area contributed by atoms with Crippen LogP contribution in [0.25, 0.3) is 6.08 Å². The molecular formula is C15H9BrO5. The number of aromatic hydroxyl groups is 3. The Morgan fingerprint density at radius 3 is 2.52 bits per heavy atom. The molecule has 21 heavy (non-hydrogen) atoms. The largest absolute Gasteiger partial charge is 0.507 e. The molecule has 106 valence electrons. The van der Waals surface area contributed by atoms with Gasteiger partial charge in [0.1, 0.15) is 5.75 Å². The number of carbonyl (C=O) groups is 1. The summed E-state index contributed by atoms with van der Waals surface area (Å²) in [6.45, 7) is 0. The van der Waals surface area contributed by atoms with Crippen LogP contribution in [0.2, 0.25) is 0 Å². The molecule has 0 bridgehead atoms. The number of allylic oxidation sites excluding steroid dienone is 1. The van der Waals surface area contributed by atoms with Crippen LogP contribution in [0.3, 0.4) is 0 Å². The molecule has 0 atom stereocenters. The highest BCUT2D eigenvalue weighted by atomic mass is 79.9. The van der Waals surface area contributed by atoms with Crippen LogP contribution in [0.5, 0.6) is 23.0 Å². The first-order valence-electron chi connectivity index (χ1n) is 5.95. The molecule has 0 aromatic heterocycles. The summed E-state index contributed by atoms with van der Waals surface area (Å²) in [6.07, 6.45) is 1.37. The highest BCUT2D eigenvalue weighted by Crippen LogP contribution is 2.44. The Morgan fingerprint density at radius 1 is 1.05 bits per heavy atom. The van der Waals surface area contributed by atoms with Gasteiger partial charge in [-0.2, -0.15) is 0 Å². The van der Waals surface area contributed by atoms with Crippen molar-refractivity contribution in [2.45, 2.75) is 0 Å². The lowest BCUT2D eigenvalue weighted by molar-refractivity contribution is 0.101. The number of hydrogen-bond donors (Lipinski definition) is 3. The summed E-state index contributed by atoms with van der Waals surface area (Å²) in [6, 6.07) is 7.35. The molecule has 1 aliphatic heterocycles. The van der Waals surface area contributed by atoms with Crippen molar-refractivity contribution >= 4 is 27.8 Å². The summed E-state index contributed by atoms with van der Waals surface area (Å²) in [5.41, 5.74) is 0.551. The molecule has 0 amide bonds. The summed E-state index contributed by atoms with van der Waals surface area (Å²) >= 11 is 3.27. The van der Waals surface area contributed by atoms with Gasteiger partial charge in [-0.1, -0.05) is 15.9 Å². The van der Waals surface area contributed by atoms with E-state index in [1.807, 2.05) is 0 Å². The topological polar surface area (TPSA) is 87.0 Å². The molecule has 2 aromatic carbocycles. The third-order valence-electron chi connectivity index (χ3n) is 3.07. The van der Waals surface area contributed by atoms with E-state index in [0.29, 0.717) is 5.56 Å². The van der Waals surface area contributed by atoms with E-state index in [4.69, 9.17) is 4.74 Å². The van der Waals surface area contributed by atoms with E-state index in [-0.39, 0.29) is 28.6 Å². The minimum atomic E-state index is -0.484. The van der Waals surface area contributed by atoms with Crippen molar-refractivity contribution in [3.8, 4) is 23.0 Å². The van der Waals surface area contributed by atoms with Crippen LogP contribution in [-0.2, 0) is 0 Å². The standard InChI is InChI=1S/C15H9BrO5/c16-8-1-3-10(17)7(5-8)6-12-13(19)9-2-4-11(18)14(20)15(9)21-12/h1-6,17-18,20H/b12-6-. The lowest BCUT2D eigenvalue weighted by atomic mass is 10.1. The lowest BCUT2D eigenvalue weighted by Gasteiger charge is -2.03. The second-order valence-corrected chi connectivity index (χ2v) is 5.37. The molecule has 0 fully saturated rings. The Balaban J connectivity index is 2.07. The number of Topliss-reactive ketones (excluding diaryl/α,β-unsaturated/α-hetero) is 1. The van der Waals surface area contributed by atoms with Crippen LogP contribution >= 0.6 is 15.9 Å². The molecule has 5 nitrogen and oxygen atoms in total. The Kier molecular flexibility index (Phi) is 3.10. The monoisotopic (exact) mass is 348 g/mol. The minimum absolute atomic E-state index is 0.00914. The van der Waals surface area contributed by atoms with Gasteiger partial charge in [-0.05, 0) is 36.4 Å². The summed E-state index contributed by atoms with van der Waals surface area (Å²) < 4.78 is 6.04. The summed E-state index contributed by atoms with van der Waals surface area (Å²) in [5.74, 6) is -1.42. The van der Waals surface area contributed by atoms with Crippen molar-refractivity contribution < 1.29 is 24.9 Å². The van der Waals surface area contributed by atoms with Gasteiger partial charge in [0.25, 0.3) is 0 Å². The number of ketones is 1. The van der Waals surface area contributed by atoms with E-state index in [2.05, 4.69) is 15.9 Å². The Labute approximate surface area is 127 Å². The summed E-state index contributed by atoms with van der Waals surface area (Å²) in [7, 11) is 0. The van der Waals surface area contributed by atoms with Gasteiger partial charge in [0.05, 0.1) is 5.56 Å². The predicted octanol–water partition coefficient (Wildman–Crippen LogP) is 3.18. The fourth-order valence-electron chi connectivity index (χ4n) is 2.01. The molecular weight excluding hydrogens is 340 g/mol. The fraction of sp³-hybridized carbons (Fsp3) is 0. The van der Waals surface area contributed by atoms with Gasteiger partial charge in [-0.15, -0.1) is 0 Å². The summed E-state index contributed by atoms with van der Waals surface area (Å²) in [5, 5.41) is 28.9. The molecule has 0 spiro atoms. The molecule has 0 radical (unpaired) electrons. The molecule has 0 aliphatic carbocycles. The van der Waals surface area contributed by atoms with E-state index in [1.165, 1.54) is 24.3 Å². The van der Waals surface area contributed by atoms with Gasteiger partial charge in [0, 0.05) is 10.0 Å². The predicted molar refractivity (Wildman–Crippen MR) is 78.5 cm³/mol. The normalized spacial score (nSPS) is 15.1. The molecule has 3 N–H and O–H groups in total. The van der Waals surface area contributed by atoms with Crippen LogP contribution in [0.15, 0.2) is 40.6 Å². The first kappa shape index (κ1) is 13.5. The van der Waals surface area contributed by atoms with E-state index in [1.54, 1.807) is 12.1 Å². The smallest absolute Gasteiger partial charge is 0.232 e. The quantitative estimate of drug-likeness (QED) is 0.544. The molecule has 1 heterocycles. The van der Waals surface area contributed by atoms with Gasteiger partial charge in [-0.3, -0.25) is 4.79 Å². The van der Waals surface area contributed by atoms with Crippen molar-refractivity contribution in [2.75, 3.05) is 0 Å². The molecule has 3 rings (SSSR count). The highest BCUT2D eigenvalue weighted by molar-refractivity contribution is 9.10. The van der Waals surface area contributed by atoms with Crippen LogP contribution in [0.4, 0.5) is 0 Å². The Bertz CT molecular complexity index is 795. The SMILES string of the molecule is O=C1/C(=C/c2cc(Br)ccc2O)Oc2c1ccc(O)c2O. The second-order valence-electron chi connectivity index (χ2n) is 4.45. The number of carbonyl (C=O) groups excluding carboxylic acids is 1. The van der Waals surface area contributed by atoms with E-state index >= 15 is 0 Å². The highest BCUT2D eigenvalue weighted by Gasteiger charge is 2.31. The average Bonchev–Trinajstić information content (AvgIpc) is 2.76. The molecule has 2 aromatic rings. The molecule has 0 saturated carbocycles. The number of phenols is 3. The van der Waals surface area contributed by atoms with Gasteiger partial charge in [0.2, 0.25) is 11.5 Å². The van der Waals surface area contributed by atoms with Crippen molar-refractivity contribution in [1.29, 1.82) is 0 Å². The number of halogens is 1. The maximum Gasteiger partial charge on any atom is 0.232 e. The third kappa shape index (κ3) is 2.23. The average molecular weight is 349 g/mol. The number of fused-ring (bicyclic) bond motifs is 1. The molecule has 6 heteroatoms. The minimum Gasteiger partial charge on any atom is -0.507 e. The van der Waals surface area contributed by atoms with Crippen LogP contribution in [0.1, 0.15) is 15.9 Å². The fourth-order valence-corrected chi connectivity index (χ4v) is 2.39. The zero-order valence-electron chi connectivity index (χ0n) is 10.5. The number of hydrogen-bond acceptors (Lipinski definition) is 5. The molecule has 1 aliphatic rings. The van der Waals surface area contributed by atoms with Crippen molar-refractivity contribution in [3.05, 3.63) is 51.7 Å². The number of rotatable bonds is 1. The van der Waals surface area contributed by atoms with Gasteiger partial charge in [-0.25, -0.2) is 0 Å². The first-order valence-corrected chi connectivity index (χ1v) is 6.74. The number of ether oxygens (including phenoxy) is 1. The maximum absolute atomic E-state index is 12.2. The maximum atomic E-state index is 12.2. The number of benzene rings is 2. The van der Waals surface area contributed by atoms with Crippen molar-refractivity contribution in [2.24, 2.45) is 0 Å². The van der Waals surface area contributed by atoms with Gasteiger partial charge < -0.3 is 20.1 Å². The second kappa shape index (κ2) is 4.82.